The molecule has 1 aromatic heterocycles. The van der Waals surface area contributed by atoms with Gasteiger partial charge in [0.25, 0.3) is 5.91 Å². The fourth-order valence-electron chi connectivity index (χ4n) is 2.54. The van der Waals surface area contributed by atoms with Crippen molar-refractivity contribution in [3.63, 3.8) is 0 Å². The summed E-state index contributed by atoms with van der Waals surface area (Å²) in [5.74, 6) is -1.40. The number of thiazole rings is 1. The van der Waals surface area contributed by atoms with Crippen LogP contribution in [-0.2, 0) is 4.79 Å². The van der Waals surface area contributed by atoms with Gasteiger partial charge in [-0.2, -0.15) is 0 Å². The highest BCUT2D eigenvalue weighted by atomic mass is 32.1. The minimum atomic E-state index is -1.72. The molecule has 0 bridgehead atoms. The van der Waals surface area contributed by atoms with Gasteiger partial charge in [0.05, 0.1) is 6.20 Å². The van der Waals surface area contributed by atoms with Gasteiger partial charge in [0, 0.05) is 31.5 Å². The Morgan fingerprint density at radius 3 is 2.43 bits per heavy atom. The molecule has 7 heteroatoms. The third-order valence-electron chi connectivity index (χ3n) is 4.01. The van der Waals surface area contributed by atoms with E-state index in [1.807, 2.05) is 30.3 Å². The summed E-state index contributed by atoms with van der Waals surface area (Å²) in [5.41, 5.74) is -0.768. The highest BCUT2D eigenvalue weighted by molar-refractivity contribution is 7.16. The topological polar surface area (TPSA) is 90.7 Å². The standard InChI is InChI=1S/C16H16N2O4S/c19-14(18-8-6-16(22,7-9-18)15(20)21)12-10-17-13(23-12)11-4-2-1-3-5-11/h1-5,10,22H,6-9H2,(H,20,21). The number of nitrogens with zero attached hydrogens (tertiary/aromatic N) is 2. The van der Waals surface area contributed by atoms with Gasteiger partial charge in [-0.05, 0) is 0 Å². The van der Waals surface area contributed by atoms with Gasteiger partial charge in [-0.25, -0.2) is 9.78 Å². The molecular formula is C16H16N2O4S. The average Bonchev–Trinajstić information content (AvgIpc) is 3.05. The van der Waals surface area contributed by atoms with Crippen molar-refractivity contribution in [3.05, 3.63) is 41.4 Å². The van der Waals surface area contributed by atoms with E-state index in [1.165, 1.54) is 11.3 Å². The summed E-state index contributed by atoms with van der Waals surface area (Å²) in [6.45, 7) is 0.445. The van der Waals surface area contributed by atoms with Crippen LogP contribution in [0.25, 0.3) is 10.6 Å². The van der Waals surface area contributed by atoms with Crippen LogP contribution >= 0.6 is 11.3 Å². The zero-order valence-electron chi connectivity index (χ0n) is 12.3. The number of aliphatic carboxylic acids is 1. The number of aliphatic hydroxyl groups is 1. The average molecular weight is 332 g/mol. The van der Waals surface area contributed by atoms with Gasteiger partial charge in [0.15, 0.2) is 5.60 Å². The van der Waals surface area contributed by atoms with Crippen LogP contribution in [0.2, 0.25) is 0 Å². The molecule has 1 aromatic carbocycles. The second-order valence-corrected chi connectivity index (χ2v) is 6.56. The molecule has 0 unspecified atom stereocenters. The molecule has 0 radical (unpaired) electrons. The SMILES string of the molecule is O=C(c1cnc(-c2ccccc2)s1)N1CCC(O)(C(=O)O)CC1. The Balaban J connectivity index is 1.70. The molecule has 2 aromatic rings. The summed E-state index contributed by atoms with van der Waals surface area (Å²) in [5, 5.41) is 19.7. The van der Waals surface area contributed by atoms with Gasteiger partial charge in [-0.15, -0.1) is 11.3 Å². The number of hydrogen-bond acceptors (Lipinski definition) is 5. The molecule has 2 N–H and O–H groups in total. The molecule has 1 aliphatic heterocycles. The van der Waals surface area contributed by atoms with Crippen molar-refractivity contribution < 1.29 is 19.8 Å². The number of amides is 1. The summed E-state index contributed by atoms with van der Waals surface area (Å²) >= 11 is 1.31. The van der Waals surface area contributed by atoms with E-state index in [0.717, 1.165) is 10.6 Å². The van der Waals surface area contributed by atoms with Crippen LogP contribution in [0.15, 0.2) is 36.5 Å². The Morgan fingerprint density at radius 2 is 1.83 bits per heavy atom. The Bertz CT molecular complexity index is 721. The number of hydrogen-bond donors (Lipinski definition) is 2. The highest BCUT2D eigenvalue weighted by Gasteiger charge is 2.40. The van der Waals surface area contributed by atoms with Gasteiger partial charge < -0.3 is 15.1 Å². The summed E-state index contributed by atoms with van der Waals surface area (Å²) in [6.07, 6.45) is 1.63. The molecule has 0 atom stereocenters. The maximum atomic E-state index is 12.5. The first-order valence-electron chi connectivity index (χ1n) is 7.26. The van der Waals surface area contributed by atoms with E-state index < -0.39 is 11.6 Å². The second kappa shape index (κ2) is 6.10. The fourth-order valence-corrected chi connectivity index (χ4v) is 3.43. The number of carbonyl (C=O) groups excluding carboxylic acids is 1. The monoisotopic (exact) mass is 332 g/mol. The first-order valence-corrected chi connectivity index (χ1v) is 8.07. The Kier molecular flexibility index (Phi) is 4.14. The van der Waals surface area contributed by atoms with Gasteiger partial charge in [0.1, 0.15) is 9.88 Å². The number of aromatic nitrogens is 1. The first kappa shape index (κ1) is 15.6. The lowest BCUT2D eigenvalue weighted by molar-refractivity contribution is -0.162. The molecule has 120 valence electrons. The van der Waals surface area contributed by atoms with Crippen molar-refractivity contribution in [3.8, 4) is 10.6 Å². The second-order valence-electron chi connectivity index (χ2n) is 5.52. The van der Waals surface area contributed by atoms with E-state index in [-0.39, 0.29) is 31.8 Å². The van der Waals surface area contributed by atoms with Crippen molar-refractivity contribution in [1.29, 1.82) is 0 Å². The number of benzene rings is 1. The maximum Gasteiger partial charge on any atom is 0.335 e. The van der Waals surface area contributed by atoms with E-state index in [4.69, 9.17) is 5.11 Å². The summed E-state index contributed by atoms with van der Waals surface area (Å²) in [6, 6.07) is 9.60. The minimum absolute atomic E-state index is 0.0401. The van der Waals surface area contributed by atoms with Crippen molar-refractivity contribution in [2.45, 2.75) is 18.4 Å². The molecule has 3 rings (SSSR count). The minimum Gasteiger partial charge on any atom is -0.479 e. The number of carboxylic acid groups (broad SMARTS) is 1. The van der Waals surface area contributed by atoms with Crippen LogP contribution in [0.1, 0.15) is 22.5 Å². The quantitative estimate of drug-likeness (QED) is 0.895. The molecule has 0 saturated carbocycles. The van der Waals surface area contributed by atoms with Gasteiger partial charge in [-0.1, -0.05) is 30.3 Å². The van der Waals surface area contributed by atoms with Crippen molar-refractivity contribution in [2.75, 3.05) is 13.1 Å². The molecule has 23 heavy (non-hydrogen) atoms. The van der Waals surface area contributed by atoms with Crippen LogP contribution in [0.3, 0.4) is 0 Å². The molecular weight excluding hydrogens is 316 g/mol. The lowest BCUT2D eigenvalue weighted by atomic mass is 9.91. The summed E-state index contributed by atoms with van der Waals surface area (Å²) < 4.78 is 0. The zero-order chi connectivity index (χ0) is 16.4. The Labute approximate surface area is 137 Å². The lowest BCUT2D eigenvalue weighted by Crippen LogP contribution is -2.50. The van der Waals surface area contributed by atoms with E-state index in [9.17, 15) is 14.7 Å². The largest absolute Gasteiger partial charge is 0.479 e. The highest BCUT2D eigenvalue weighted by Crippen LogP contribution is 2.28. The third-order valence-corrected chi connectivity index (χ3v) is 5.05. The van der Waals surface area contributed by atoms with Crippen LogP contribution in [0, 0.1) is 0 Å². The van der Waals surface area contributed by atoms with Crippen molar-refractivity contribution >= 4 is 23.2 Å². The van der Waals surface area contributed by atoms with E-state index >= 15 is 0 Å². The summed E-state index contributed by atoms with van der Waals surface area (Å²) in [4.78, 5) is 29.9. The van der Waals surface area contributed by atoms with Gasteiger partial charge in [-0.3, -0.25) is 4.79 Å². The maximum absolute atomic E-state index is 12.5. The van der Waals surface area contributed by atoms with Crippen LogP contribution in [-0.4, -0.2) is 50.7 Å². The molecule has 1 fully saturated rings. The Morgan fingerprint density at radius 1 is 1.17 bits per heavy atom. The lowest BCUT2D eigenvalue weighted by Gasteiger charge is -2.35. The van der Waals surface area contributed by atoms with Crippen LogP contribution in [0.4, 0.5) is 0 Å². The van der Waals surface area contributed by atoms with Gasteiger partial charge in [0.2, 0.25) is 0 Å². The first-order chi connectivity index (χ1) is 11.0. The van der Waals surface area contributed by atoms with Gasteiger partial charge >= 0.3 is 5.97 Å². The smallest absolute Gasteiger partial charge is 0.335 e. The predicted octanol–water partition coefficient (Wildman–Crippen LogP) is 1.86. The molecule has 0 spiro atoms. The number of carboxylic acids is 1. The predicted molar refractivity (Wildman–Crippen MR) is 85.3 cm³/mol. The van der Waals surface area contributed by atoms with Crippen LogP contribution in [0.5, 0.6) is 0 Å². The third kappa shape index (κ3) is 3.11. The molecule has 1 aliphatic rings. The fraction of sp³-hybridized carbons (Fsp3) is 0.312. The van der Waals surface area contributed by atoms with E-state index in [1.54, 1.807) is 11.1 Å². The van der Waals surface area contributed by atoms with E-state index in [0.29, 0.717) is 4.88 Å². The number of piperidine rings is 1. The molecule has 0 aliphatic carbocycles. The van der Waals surface area contributed by atoms with Crippen LogP contribution < -0.4 is 0 Å². The molecule has 1 saturated heterocycles. The van der Waals surface area contributed by atoms with Crippen molar-refractivity contribution in [2.24, 2.45) is 0 Å². The molecule has 2 heterocycles. The molecule has 1 amide bonds. The summed E-state index contributed by atoms with van der Waals surface area (Å²) in [7, 11) is 0. The molecule has 6 nitrogen and oxygen atoms in total. The number of carbonyl (C=O) groups is 2. The number of likely N-dealkylation sites (tertiary alicyclic amines) is 1. The zero-order valence-corrected chi connectivity index (χ0v) is 13.1. The normalized spacial score (nSPS) is 17.0. The van der Waals surface area contributed by atoms with Crippen molar-refractivity contribution in [1.82, 2.24) is 9.88 Å². The Hall–Kier alpha value is -2.25. The van der Waals surface area contributed by atoms with E-state index in [2.05, 4.69) is 4.98 Å². The number of rotatable bonds is 3.